The maximum absolute atomic E-state index is 12.1. The Labute approximate surface area is 116 Å². The second-order valence-corrected chi connectivity index (χ2v) is 4.15. The van der Waals surface area contributed by atoms with E-state index in [9.17, 15) is 14.4 Å². The lowest BCUT2D eigenvalue weighted by molar-refractivity contribution is -0.143. The van der Waals surface area contributed by atoms with Gasteiger partial charge in [0.05, 0.1) is 11.4 Å². The molecular formula is C14H14N2O4. The monoisotopic (exact) mass is 274 g/mol. The lowest BCUT2D eigenvalue weighted by Gasteiger charge is -2.28. The molecule has 0 saturated heterocycles. The molecule has 1 aromatic rings. The van der Waals surface area contributed by atoms with E-state index in [1.807, 2.05) is 0 Å². The van der Waals surface area contributed by atoms with Crippen molar-refractivity contribution in [2.24, 2.45) is 0 Å². The van der Waals surface area contributed by atoms with Crippen LogP contribution in [0.5, 0.6) is 0 Å². The van der Waals surface area contributed by atoms with Gasteiger partial charge in [-0.2, -0.15) is 0 Å². The zero-order chi connectivity index (χ0) is 14.5. The molecule has 2 rings (SSSR count). The highest BCUT2D eigenvalue weighted by molar-refractivity contribution is 6.10. The molecule has 20 heavy (non-hydrogen) atoms. The maximum atomic E-state index is 12.1. The number of anilines is 2. The first-order valence-corrected chi connectivity index (χ1v) is 6.10. The highest BCUT2D eigenvalue weighted by Gasteiger charge is 2.26. The van der Waals surface area contributed by atoms with Gasteiger partial charge >= 0.3 is 5.97 Å². The second-order valence-electron chi connectivity index (χ2n) is 4.15. The van der Waals surface area contributed by atoms with Crippen LogP contribution in [0.4, 0.5) is 11.4 Å². The second kappa shape index (κ2) is 6.01. The Morgan fingerprint density at radius 1 is 1.40 bits per heavy atom. The quantitative estimate of drug-likeness (QED) is 0.661. The van der Waals surface area contributed by atoms with Gasteiger partial charge in [0.2, 0.25) is 5.91 Å². The molecule has 0 aliphatic carbocycles. The normalized spacial score (nSPS) is 13.8. The van der Waals surface area contributed by atoms with Crippen LogP contribution in [0.1, 0.15) is 6.92 Å². The van der Waals surface area contributed by atoms with Crippen LogP contribution in [-0.2, 0) is 19.1 Å². The summed E-state index contributed by atoms with van der Waals surface area (Å²) in [6.07, 6.45) is 2.75. The van der Waals surface area contributed by atoms with E-state index in [4.69, 9.17) is 4.74 Å². The predicted octanol–water partition coefficient (Wildman–Crippen LogP) is 1.09. The molecule has 0 saturated carbocycles. The summed E-state index contributed by atoms with van der Waals surface area (Å²) in [5.41, 5.74) is 1.16. The smallest absolute Gasteiger partial charge is 0.330 e. The number of para-hydroxylation sites is 2. The fourth-order valence-corrected chi connectivity index (χ4v) is 1.85. The molecule has 6 heteroatoms. The van der Waals surface area contributed by atoms with E-state index in [-0.39, 0.29) is 12.5 Å². The third-order valence-corrected chi connectivity index (χ3v) is 2.71. The number of benzene rings is 1. The van der Waals surface area contributed by atoms with Gasteiger partial charge in [0, 0.05) is 6.08 Å². The first-order chi connectivity index (χ1) is 9.61. The van der Waals surface area contributed by atoms with E-state index >= 15 is 0 Å². The number of nitrogens with zero attached hydrogens (tertiary/aromatic N) is 1. The molecule has 0 spiro atoms. The van der Waals surface area contributed by atoms with Crippen LogP contribution < -0.4 is 10.2 Å². The van der Waals surface area contributed by atoms with Gasteiger partial charge in [0.15, 0.2) is 6.61 Å². The van der Waals surface area contributed by atoms with E-state index in [0.717, 1.165) is 0 Å². The van der Waals surface area contributed by atoms with Gasteiger partial charge in [0.25, 0.3) is 5.91 Å². The van der Waals surface area contributed by atoms with E-state index < -0.39 is 18.5 Å². The molecule has 0 fully saturated rings. The third-order valence-electron chi connectivity index (χ3n) is 2.71. The Morgan fingerprint density at radius 2 is 2.15 bits per heavy atom. The highest BCUT2D eigenvalue weighted by Crippen LogP contribution is 2.28. The van der Waals surface area contributed by atoms with Gasteiger partial charge in [-0.05, 0) is 19.1 Å². The number of allylic oxidation sites excluding steroid dienone is 1. The van der Waals surface area contributed by atoms with Crippen molar-refractivity contribution in [3.05, 3.63) is 36.4 Å². The van der Waals surface area contributed by atoms with Crippen LogP contribution in [0, 0.1) is 0 Å². The summed E-state index contributed by atoms with van der Waals surface area (Å²) in [5.74, 6) is -1.31. The predicted molar refractivity (Wildman–Crippen MR) is 73.2 cm³/mol. The van der Waals surface area contributed by atoms with Crippen molar-refractivity contribution in [3.8, 4) is 0 Å². The van der Waals surface area contributed by atoms with Crippen molar-refractivity contribution < 1.29 is 19.1 Å². The maximum Gasteiger partial charge on any atom is 0.330 e. The molecular weight excluding hydrogens is 260 g/mol. The molecule has 0 unspecified atom stereocenters. The molecule has 2 amide bonds. The number of carbonyl (C=O) groups excluding carboxylic acids is 3. The summed E-state index contributed by atoms with van der Waals surface area (Å²) < 4.78 is 4.80. The standard InChI is InChI=1S/C14H14N2O4/c1-2-5-14(19)20-9-13(18)16-8-12(17)15-10-6-3-4-7-11(10)16/h2-7H,8-9H2,1H3,(H,15,17)/b5-2+. The van der Waals surface area contributed by atoms with E-state index in [1.165, 1.54) is 17.1 Å². The molecule has 0 aromatic heterocycles. The van der Waals surface area contributed by atoms with Crippen molar-refractivity contribution in [3.63, 3.8) is 0 Å². The SMILES string of the molecule is C/C=C/C(=O)OCC(=O)N1CC(=O)Nc2ccccc21. The van der Waals surface area contributed by atoms with Crippen LogP contribution in [0.2, 0.25) is 0 Å². The Balaban J connectivity index is 2.10. The molecule has 104 valence electrons. The van der Waals surface area contributed by atoms with E-state index in [2.05, 4.69) is 5.32 Å². The summed E-state index contributed by atoms with van der Waals surface area (Å²) >= 11 is 0. The van der Waals surface area contributed by atoms with Crippen LogP contribution in [0.15, 0.2) is 36.4 Å². The summed E-state index contributed by atoms with van der Waals surface area (Å²) in [6.45, 7) is 1.19. The minimum Gasteiger partial charge on any atom is -0.452 e. The Hall–Kier alpha value is -2.63. The van der Waals surface area contributed by atoms with Crippen LogP contribution in [-0.4, -0.2) is 30.9 Å². The third kappa shape index (κ3) is 3.03. The minimum atomic E-state index is -0.587. The van der Waals surface area contributed by atoms with Gasteiger partial charge in [-0.25, -0.2) is 4.79 Å². The molecule has 6 nitrogen and oxygen atoms in total. The number of hydrogen-bond acceptors (Lipinski definition) is 4. The molecule has 1 N–H and O–H groups in total. The number of amides is 2. The first-order valence-electron chi connectivity index (χ1n) is 6.10. The van der Waals surface area contributed by atoms with E-state index in [1.54, 1.807) is 31.2 Å². The number of fused-ring (bicyclic) bond motifs is 1. The van der Waals surface area contributed by atoms with Gasteiger partial charge in [-0.3, -0.25) is 14.5 Å². The van der Waals surface area contributed by atoms with Crippen molar-refractivity contribution in [2.45, 2.75) is 6.92 Å². The summed E-state index contributed by atoms with van der Waals surface area (Å²) in [4.78, 5) is 36.1. The van der Waals surface area contributed by atoms with Crippen LogP contribution in [0.25, 0.3) is 0 Å². The van der Waals surface area contributed by atoms with Crippen molar-refractivity contribution in [2.75, 3.05) is 23.4 Å². The van der Waals surface area contributed by atoms with Gasteiger partial charge in [-0.1, -0.05) is 18.2 Å². The lowest BCUT2D eigenvalue weighted by Crippen LogP contribution is -2.43. The summed E-state index contributed by atoms with van der Waals surface area (Å²) in [7, 11) is 0. The molecule has 1 aromatic carbocycles. The number of rotatable bonds is 3. The van der Waals surface area contributed by atoms with Crippen molar-refractivity contribution >= 4 is 29.2 Å². The minimum absolute atomic E-state index is 0.0863. The molecule has 1 aliphatic heterocycles. The largest absolute Gasteiger partial charge is 0.452 e. The average Bonchev–Trinajstić information content (AvgIpc) is 2.44. The summed E-state index contributed by atoms with van der Waals surface area (Å²) in [5, 5.41) is 2.68. The van der Waals surface area contributed by atoms with E-state index in [0.29, 0.717) is 11.4 Å². The molecule has 1 aliphatic rings. The first kappa shape index (κ1) is 13.8. The fraction of sp³-hybridized carbons (Fsp3) is 0.214. The number of hydrogen-bond donors (Lipinski definition) is 1. The molecule has 0 bridgehead atoms. The Bertz CT molecular complexity index is 580. The number of carbonyl (C=O) groups is 3. The van der Waals surface area contributed by atoms with Crippen LogP contribution >= 0.6 is 0 Å². The topological polar surface area (TPSA) is 75.7 Å². The number of nitrogens with one attached hydrogen (secondary N) is 1. The molecule has 1 heterocycles. The van der Waals surface area contributed by atoms with Gasteiger partial charge in [-0.15, -0.1) is 0 Å². The molecule has 0 radical (unpaired) electrons. The van der Waals surface area contributed by atoms with Crippen molar-refractivity contribution in [1.29, 1.82) is 0 Å². The van der Waals surface area contributed by atoms with Crippen molar-refractivity contribution in [1.82, 2.24) is 0 Å². The lowest BCUT2D eigenvalue weighted by atomic mass is 10.2. The Morgan fingerprint density at radius 3 is 2.90 bits per heavy atom. The Kier molecular flexibility index (Phi) is 4.14. The zero-order valence-electron chi connectivity index (χ0n) is 11.0. The summed E-state index contributed by atoms with van der Waals surface area (Å²) in [6, 6.07) is 6.96. The van der Waals surface area contributed by atoms with Gasteiger partial charge < -0.3 is 10.1 Å². The average molecular weight is 274 g/mol. The molecule has 0 atom stereocenters. The number of ether oxygens (including phenoxy) is 1. The van der Waals surface area contributed by atoms with Gasteiger partial charge in [0.1, 0.15) is 6.54 Å². The fourth-order valence-electron chi connectivity index (χ4n) is 1.85. The number of esters is 1. The zero-order valence-corrected chi connectivity index (χ0v) is 11.0. The van der Waals surface area contributed by atoms with Crippen LogP contribution in [0.3, 0.4) is 0 Å². The highest BCUT2D eigenvalue weighted by atomic mass is 16.5.